The van der Waals surface area contributed by atoms with E-state index in [-0.39, 0.29) is 5.41 Å². The van der Waals surface area contributed by atoms with Gasteiger partial charge in [0.05, 0.1) is 11.6 Å². The zero-order valence-corrected chi connectivity index (χ0v) is 11.8. The van der Waals surface area contributed by atoms with Gasteiger partial charge in [-0.1, -0.05) is 19.9 Å². The smallest absolute Gasteiger partial charge is 0.213 e. The Kier molecular flexibility index (Phi) is 2.99. The van der Waals surface area contributed by atoms with Crippen molar-refractivity contribution in [3.63, 3.8) is 0 Å². The van der Waals surface area contributed by atoms with Gasteiger partial charge >= 0.3 is 0 Å². The maximum atomic E-state index is 13.4. The highest BCUT2D eigenvalue weighted by molar-refractivity contribution is 5.82. The van der Waals surface area contributed by atoms with E-state index in [4.69, 9.17) is 5.26 Å². The van der Waals surface area contributed by atoms with Gasteiger partial charge in [0, 0.05) is 22.8 Å². The van der Waals surface area contributed by atoms with Crippen LogP contribution in [0.4, 0.5) is 4.39 Å². The summed E-state index contributed by atoms with van der Waals surface area (Å²) in [6, 6.07) is 13.0. The first-order chi connectivity index (χ1) is 10.0. The fourth-order valence-corrected chi connectivity index (χ4v) is 2.48. The molecule has 2 heterocycles. The lowest BCUT2D eigenvalue weighted by atomic mass is 9.82. The van der Waals surface area contributed by atoms with E-state index in [9.17, 15) is 4.39 Å². The maximum absolute atomic E-state index is 13.4. The number of pyridine rings is 1. The summed E-state index contributed by atoms with van der Waals surface area (Å²) in [5.74, 6) is -0.483. The Morgan fingerprint density at radius 1 is 1.19 bits per heavy atom. The highest BCUT2D eigenvalue weighted by atomic mass is 19.1. The molecule has 3 rings (SSSR count). The fraction of sp³-hybridized carbons (Fsp3) is 0.176. The normalized spacial score (nSPS) is 11.5. The van der Waals surface area contributed by atoms with Gasteiger partial charge in [0.2, 0.25) is 5.95 Å². The van der Waals surface area contributed by atoms with Crippen LogP contribution < -0.4 is 0 Å². The number of nitriles is 1. The van der Waals surface area contributed by atoms with Crippen LogP contribution in [0.2, 0.25) is 0 Å². The minimum atomic E-state index is -0.483. The average Bonchev–Trinajstić information content (AvgIpc) is 2.90. The van der Waals surface area contributed by atoms with Crippen LogP contribution in [-0.2, 0) is 5.41 Å². The molecule has 0 unspecified atom stereocenters. The van der Waals surface area contributed by atoms with Gasteiger partial charge in [-0.3, -0.25) is 0 Å². The quantitative estimate of drug-likeness (QED) is 0.723. The number of rotatable bonds is 2. The van der Waals surface area contributed by atoms with E-state index in [1.54, 1.807) is 6.07 Å². The summed E-state index contributed by atoms with van der Waals surface area (Å²) in [5.41, 5.74) is 2.96. The summed E-state index contributed by atoms with van der Waals surface area (Å²) in [7, 11) is 0. The number of nitrogens with zero attached hydrogens (tertiary/aromatic N) is 2. The number of aromatic amines is 1. The molecule has 0 amide bonds. The first-order valence-corrected chi connectivity index (χ1v) is 6.66. The van der Waals surface area contributed by atoms with E-state index in [0.717, 1.165) is 22.2 Å². The van der Waals surface area contributed by atoms with Gasteiger partial charge in [0.1, 0.15) is 0 Å². The van der Waals surface area contributed by atoms with Crippen molar-refractivity contribution in [1.29, 1.82) is 5.26 Å². The summed E-state index contributed by atoms with van der Waals surface area (Å²) in [5, 5.41) is 9.99. The summed E-state index contributed by atoms with van der Waals surface area (Å²) in [4.78, 5) is 6.93. The van der Waals surface area contributed by atoms with E-state index >= 15 is 0 Å². The lowest BCUT2D eigenvalue weighted by Gasteiger charge is -2.24. The van der Waals surface area contributed by atoms with E-state index in [1.807, 2.05) is 38.1 Å². The Balaban J connectivity index is 2.12. The Morgan fingerprint density at radius 2 is 2.00 bits per heavy atom. The Morgan fingerprint density at radius 3 is 2.71 bits per heavy atom. The van der Waals surface area contributed by atoms with Crippen LogP contribution in [-0.4, -0.2) is 9.97 Å². The van der Waals surface area contributed by atoms with Crippen molar-refractivity contribution >= 4 is 10.9 Å². The monoisotopic (exact) mass is 279 g/mol. The van der Waals surface area contributed by atoms with Crippen molar-refractivity contribution in [3.05, 3.63) is 65.4 Å². The highest BCUT2D eigenvalue weighted by Gasteiger charge is 2.25. The maximum Gasteiger partial charge on any atom is 0.213 e. The molecule has 0 radical (unpaired) electrons. The number of aromatic nitrogens is 2. The zero-order valence-electron chi connectivity index (χ0n) is 11.8. The molecule has 21 heavy (non-hydrogen) atoms. The van der Waals surface area contributed by atoms with E-state index in [0.29, 0.717) is 5.56 Å². The second kappa shape index (κ2) is 4.71. The molecule has 0 saturated carbocycles. The second-order valence-corrected chi connectivity index (χ2v) is 5.59. The average molecular weight is 279 g/mol. The van der Waals surface area contributed by atoms with Gasteiger partial charge in [-0.2, -0.15) is 9.65 Å². The van der Waals surface area contributed by atoms with Crippen LogP contribution in [0.1, 0.15) is 30.7 Å². The largest absolute Gasteiger partial charge is 0.358 e. The molecule has 1 aromatic carbocycles. The molecule has 104 valence electrons. The van der Waals surface area contributed by atoms with Crippen molar-refractivity contribution in [2.24, 2.45) is 0 Å². The first kappa shape index (κ1) is 13.3. The number of nitrogens with one attached hydrogen (secondary N) is 1. The van der Waals surface area contributed by atoms with Crippen LogP contribution in [0.3, 0.4) is 0 Å². The van der Waals surface area contributed by atoms with Crippen molar-refractivity contribution in [2.75, 3.05) is 0 Å². The third-order valence-corrected chi connectivity index (χ3v) is 3.87. The van der Waals surface area contributed by atoms with Gasteiger partial charge in [0.25, 0.3) is 0 Å². The van der Waals surface area contributed by atoms with Crippen molar-refractivity contribution in [3.8, 4) is 6.07 Å². The van der Waals surface area contributed by atoms with Crippen LogP contribution in [0.15, 0.2) is 42.6 Å². The lowest BCUT2D eigenvalue weighted by molar-refractivity contribution is 0.563. The Bertz CT molecular complexity index is 856. The highest BCUT2D eigenvalue weighted by Crippen LogP contribution is 2.33. The lowest BCUT2D eigenvalue weighted by Crippen LogP contribution is -2.19. The first-order valence-electron chi connectivity index (χ1n) is 6.66. The predicted molar refractivity (Wildman–Crippen MR) is 79.3 cm³/mol. The molecule has 2 aromatic heterocycles. The number of halogens is 1. The van der Waals surface area contributed by atoms with Gasteiger partial charge in [-0.05, 0) is 41.3 Å². The molecule has 4 heteroatoms. The molecule has 0 spiro atoms. The van der Waals surface area contributed by atoms with E-state index in [2.05, 4.69) is 16.0 Å². The van der Waals surface area contributed by atoms with E-state index < -0.39 is 5.95 Å². The molecule has 0 aliphatic carbocycles. The van der Waals surface area contributed by atoms with Gasteiger partial charge in [0.15, 0.2) is 0 Å². The molecule has 0 atom stereocenters. The number of fused-ring (bicyclic) bond motifs is 1. The van der Waals surface area contributed by atoms with E-state index in [1.165, 1.54) is 12.3 Å². The molecular formula is C17H14FN3. The van der Waals surface area contributed by atoms with Crippen LogP contribution >= 0.6 is 0 Å². The fourth-order valence-electron chi connectivity index (χ4n) is 2.48. The number of hydrogen-bond acceptors (Lipinski definition) is 2. The van der Waals surface area contributed by atoms with Crippen molar-refractivity contribution in [2.45, 2.75) is 19.3 Å². The van der Waals surface area contributed by atoms with Crippen LogP contribution in [0.5, 0.6) is 0 Å². The molecule has 0 fully saturated rings. The summed E-state index contributed by atoms with van der Waals surface area (Å²) in [6.07, 6.45) is 1.48. The SMILES string of the molecule is CC(C)(c1ccnc(F)c1)c1cc2ccc(C#N)cc2[nH]1. The Labute approximate surface area is 122 Å². The van der Waals surface area contributed by atoms with Crippen molar-refractivity contribution < 1.29 is 4.39 Å². The third-order valence-electron chi connectivity index (χ3n) is 3.87. The molecule has 3 aromatic rings. The van der Waals surface area contributed by atoms with Gasteiger partial charge in [-0.15, -0.1) is 0 Å². The zero-order chi connectivity index (χ0) is 15.0. The van der Waals surface area contributed by atoms with Gasteiger partial charge < -0.3 is 4.98 Å². The summed E-state index contributed by atoms with van der Waals surface area (Å²) in [6.45, 7) is 4.05. The molecule has 0 aliphatic heterocycles. The van der Waals surface area contributed by atoms with Crippen LogP contribution in [0, 0.1) is 17.3 Å². The molecule has 0 saturated heterocycles. The second-order valence-electron chi connectivity index (χ2n) is 5.59. The molecule has 1 N–H and O–H groups in total. The Hall–Kier alpha value is -2.67. The van der Waals surface area contributed by atoms with Crippen LogP contribution in [0.25, 0.3) is 10.9 Å². The third kappa shape index (κ3) is 2.27. The number of H-pyrrole nitrogens is 1. The molecular weight excluding hydrogens is 265 g/mol. The summed E-state index contributed by atoms with van der Waals surface area (Å²) >= 11 is 0. The summed E-state index contributed by atoms with van der Waals surface area (Å²) < 4.78 is 13.4. The predicted octanol–water partition coefficient (Wildman–Crippen LogP) is 3.90. The molecule has 0 aliphatic rings. The topological polar surface area (TPSA) is 52.5 Å². The minimum Gasteiger partial charge on any atom is -0.358 e. The molecule has 0 bridgehead atoms. The standard InChI is InChI=1S/C17H14FN3/c1-17(2,13-5-6-20-16(18)9-13)15-8-12-4-3-11(10-19)7-14(12)21-15/h3-9,21H,1-2H3. The van der Waals surface area contributed by atoms with Gasteiger partial charge in [-0.25, -0.2) is 4.98 Å². The number of hydrogen-bond donors (Lipinski definition) is 1. The molecule has 3 nitrogen and oxygen atoms in total. The van der Waals surface area contributed by atoms with Crippen molar-refractivity contribution in [1.82, 2.24) is 9.97 Å². The number of benzene rings is 1. The minimum absolute atomic E-state index is 0.379.